The average Bonchev–Trinajstić information content (AvgIpc) is 3.11. The molecule has 2 saturated heterocycles. The van der Waals surface area contributed by atoms with E-state index in [0.29, 0.717) is 6.04 Å². The molecule has 0 aliphatic carbocycles. The number of aryl methyl sites for hydroxylation is 1. The fourth-order valence-corrected chi connectivity index (χ4v) is 3.83. The maximum Gasteiger partial charge on any atom is 0.239 e. The van der Waals surface area contributed by atoms with Crippen LogP contribution in [0.25, 0.3) is 5.65 Å². The molecule has 116 valence electrons. The number of piperazine rings is 1. The number of amides is 1. The Balaban J connectivity index is 1.59. The molecular formula is C17H22N4O. The summed E-state index contributed by atoms with van der Waals surface area (Å²) in [7, 11) is 0. The van der Waals surface area contributed by atoms with Crippen molar-refractivity contribution in [3.63, 3.8) is 0 Å². The minimum atomic E-state index is -0.0414. The maximum absolute atomic E-state index is 12.5. The molecule has 0 aromatic carbocycles. The molecule has 0 N–H and O–H groups in total. The predicted octanol–water partition coefficient (Wildman–Crippen LogP) is 1.84. The second-order valence-corrected chi connectivity index (χ2v) is 6.59. The summed E-state index contributed by atoms with van der Waals surface area (Å²) in [6, 6.07) is 4.48. The Morgan fingerprint density at radius 3 is 3.09 bits per heavy atom. The van der Waals surface area contributed by atoms with Gasteiger partial charge in [-0.15, -0.1) is 0 Å². The molecule has 1 amide bonds. The maximum atomic E-state index is 12.5. The van der Waals surface area contributed by atoms with Crippen LogP contribution in [0.3, 0.4) is 0 Å². The smallest absolute Gasteiger partial charge is 0.239 e. The van der Waals surface area contributed by atoms with Gasteiger partial charge in [0.15, 0.2) is 0 Å². The van der Waals surface area contributed by atoms with Gasteiger partial charge in [0.2, 0.25) is 5.91 Å². The molecule has 0 saturated carbocycles. The van der Waals surface area contributed by atoms with Crippen LogP contribution in [0, 0.1) is 6.92 Å². The Bertz CT molecular complexity index is 723. The molecule has 2 aliphatic rings. The molecule has 4 rings (SSSR count). The Kier molecular flexibility index (Phi) is 3.18. The van der Waals surface area contributed by atoms with Crippen LogP contribution in [-0.4, -0.2) is 50.3 Å². The van der Waals surface area contributed by atoms with Gasteiger partial charge in [-0.05, 0) is 38.3 Å². The fourth-order valence-electron chi connectivity index (χ4n) is 3.83. The molecule has 2 atom stereocenters. The van der Waals surface area contributed by atoms with Gasteiger partial charge in [-0.25, -0.2) is 4.98 Å². The average molecular weight is 298 g/mol. The van der Waals surface area contributed by atoms with Crippen LogP contribution in [-0.2, 0) is 11.3 Å². The minimum Gasteiger partial charge on any atom is -0.337 e. The highest BCUT2D eigenvalue weighted by atomic mass is 16.2. The molecule has 0 radical (unpaired) electrons. The first-order valence-corrected chi connectivity index (χ1v) is 8.11. The predicted molar refractivity (Wildman–Crippen MR) is 84.5 cm³/mol. The molecule has 4 heterocycles. The van der Waals surface area contributed by atoms with Crippen LogP contribution in [0.5, 0.6) is 0 Å². The van der Waals surface area contributed by atoms with E-state index in [9.17, 15) is 4.79 Å². The monoisotopic (exact) mass is 298 g/mol. The Morgan fingerprint density at radius 2 is 2.27 bits per heavy atom. The second-order valence-electron chi connectivity index (χ2n) is 6.59. The Hall–Kier alpha value is -1.88. The number of hydrogen-bond acceptors (Lipinski definition) is 3. The third-order valence-electron chi connectivity index (χ3n) is 5.10. The van der Waals surface area contributed by atoms with Gasteiger partial charge in [0.25, 0.3) is 0 Å². The van der Waals surface area contributed by atoms with Crippen molar-refractivity contribution in [2.75, 3.05) is 13.1 Å². The second kappa shape index (κ2) is 5.09. The first-order chi connectivity index (χ1) is 10.6. The number of hydrogen-bond donors (Lipinski definition) is 0. The molecule has 5 heteroatoms. The lowest BCUT2D eigenvalue weighted by atomic mass is 10.1. The third-order valence-corrected chi connectivity index (χ3v) is 5.10. The molecule has 2 aromatic heterocycles. The number of aromatic nitrogens is 2. The van der Waals surface area contributed by atoms with E-state index in [4.69, 9.17) is 4.98 Å². The van der Waals surface area contributed by atoms with E-state index in [0.717, 1.165) is 43.8 Å². The molecule has 22 heavy (non-hydrogen) atoms. The largest absolute Gasteiger partial charge is 0.337 e. The number of carbonyl (C=O) groups is 1. The Labute approximate surface area is 130 Å². The quantitative estimate of drug-likeness (QED) is 0.849. The van der Waals surface area contributed by atoms with Crippen LogP contribution in [0.2, 0.25) is 0 Å². The first kappa shape index (κ1) is 13.8. The number of pyridine rings is 1. The number of rotatable bonds is 2. The molecular weight excluding hydrogens is 276 g/mol. The zero-order chi connectivity index (χ0) is 15.3. The standard InChI is InChI=1S/C17H22N4O/c1-12-5-3-7-19-9-14(18-16(12)19)10-20-11-15-6-4-8-21(15)17(22)13(20)2/h3,5,7,9,13,15H,4,6,8,10-11H2,1-2H3/t13-,15-/m0/s1. The summed E-state index contributed by atoms with van der Waals surface area (Å²) >= 11 is 0. The summed E-state index contributed by atoms with van der Waals surface area (Å²) in [5.74, 6) is 0.286. The SMILES string of the molecule is Cc1cccn2cc(CN3C[C@@H]4CCCN4C(=O)[C@@H]3C)nc12. The fraction of sp³-hybridized carbons (Fsp3) is 0.529. The van der Waals surface area contributed by atoms with E-state index in [-0.39, 0.29) is 11.9 Å². The lowest BCUT2D eigenvalue weighted by Crippen LogP contribution is -2.58. The van der Waals surface area contributed by atoms with Gasteiger partial charge in [0, 0.05) is 38.1 Å². The van der Waals surface area contributed by atoms with E-state index in [1.807, 2.05) is 19.2 Å². The van der Waals surface area contributed by atoms with Crippen LogP contribution >= 0.6 is 0 Å². The van der Waals surface area contributed by atoms with Crippen molar-refractivity contribution in [3.05, 3.63) is 35.8 Å². The molecule has 0 bridgehead atoms. The van der Waals surface area contributed by atoms with E-state index < -0.39 is 0 Å². The van der Waals surface area contributed by atoms with E-state index in [1.165, 1.54) is 5.56 Å². The van der Waals surface area contributed by atoms with Crippen LogP contribution in [0.1, 0.15) is 31.0 Å². The van der Waals surface area contributed by atoms with Crippen molar-refractivity contribution in [1.82, 2.24) is 19.2 Å². The third kappa shape index (κ3) is 2.11. The van der Waals surface area contributed by atoms with E-state index in [1.54, 1.807) is 0 Å². The summed E-state index contributed by atoms with van der Waals surface area (Å²) in [6.45, 7) is 6.76. The molecule has 0 unspecified atom stereocenters. The number of carbonyl (C=O) groups excluding carboxylic acids is 1. The molecule has 5 nitrogen and oxygen atoms in total. The highest BCUT2D eigenvalue weighted by molar-refractivity contribution is 5.83. The molecule has 2 fully saturated rings. The number of nitrogens with zero attached hydrogens (tertiary/aromatic N) is 4. The van der Waals surface area contributed by atoms with Gasteiger partial charge in [0.05, 0.1) is 11.7 Å². The van der Waals surface area contributed by atoms with Gasteiger partial charge in [-0.2, -0.15) is 0 Å². The van der Waals surface area contributed by atoms with Gasteiger partial charge in [-0.1, -0.05) is 6.07 Å². The number of imidazole rings is 1. The Morgan fingerprint density at radius 1 is 1.41 bits per heavy atom. The number of fused-ring (bicyclic) bond motifs is 2. The molecule has 2 aliphatic heterocycles. The highest BCUT2D eigenvalue weighted by Gasteiger charge is 2.40. The van der Waals surface area contributed by atoms with E-state index >= 15 is 0 Å². The first-order valence-electron chi connectivity index (χ1n) is 8.11. The van der Waals surface area contributed by atoms with Crippen LogP contribution in [0.4, 0.5) is 0 Å². The van der Waals surface area contributed by atoms with Crippen LogP contribution < -0.4 is 0 Å². The summed E-state index contributed by atoms with van der Waals surface area (Å²) in [6.07, 6.45) is 6.40. The van der Waals surface area contributed by atoms with Crippen molar-refractivity contribution in [1.29, 1.82) is 0 Å². The zero-order valence-corrected chi connectivity index (χ0v) is 13.2. The van der Waals surface area contributed by atoms with Gasteiger partial charge in [0.1, 0.15) is 5.65 Å². The van der Waals surface area contributed by atoms with Gasteiger partial charge in [-0.3, -0.25) is 9.69 Å². The summed E-state index contributed by atoms with van der Waals surface area (Å²) < 4.78 is 2.07. The van der Waals surface area contributed by atoms with Crippen molar-refractivity contribution in [2.24, 2.45) is 0 Å². The van der Waals surface area contributed by atoms with Crippen molar-refractivity contribution < 1.29 is 4.79 Å². The van der Waals surface area contributed by atoms with Gasteiger partial charge >= 0.3 is 0 Å². The molecule has 2 aromatic rings. The highest BCUT2D eigenvalue weighted by Crippen LogP contribution is 2.26. The topological polar surface area (TPSA) is 40.9 Å². The van der Waals surface area contributed by atoms with Crippen molar-refractivity contribution in [2.45, 2.75) is 45.3 Å². The molecule has 0 spiro atoms. The van der Waals surface area contributed by atoms with Crippen molar-refractivity contribution in [3.8, 4) is 0 Å². The summed E-state index contributed by atoms with van der Waals surface area (Å²) in [4.78, 5) is 21.6. The minimum absolute atomic E-state index is 0.0414. The van der Waals surface area contributed by atoms with Gasteiger partial charge < -0.3 is 9.30 Å². The van der Waals surface area contributed by atoms with E-state index in [2.05, 4.69) is 33.4 Å². The lowest BCUT2D eigenvalue weighted by molar-refractivity contribution is -0.143. The summed E-state index contributed by atoms with van der Waals surface area (Å²) in [5, 5.41) is 0. The zero-order valence-electron chi connectivity index (χ0n) is 13.2. The lowest BCUT2D eigenvalue weighted by Gasteiger charge is -2.41. The van der Waals surface area contributed by atoms with Crippen molar-refractivity contribution >= 4 is 11.6 Å². The normalized spacial score (nSPS) is 25.9. The summed E-state index contributed by atoms with van der Waals surface area (Å²) in [5.41, 5.74) is 3.23. The van der Waals surface area contributed by atoms with Crippen LogP contribution in [0.15, 0.2) is 24.5 Å².